The number of methoxy groups -OCH3 is 3. The van der Waals surface area contributed by atoms with Crippen molar-refractivity contribution in [3.63, 3.8) is 0 Å². The average Bonchev–Trinajstić information content (AvgIpc) is 2.95. The Bertz CT molecular complexity index is 846. The first-order chi connectivity index (χ1) is 13.0. The summed E-state index contributed by atoms with van der Waals surface area (Å²) in [7, 11) is 4.59. The third-order valence-corrected chi connectivity index (χ3v) is 5.44. The number of thioether (sulfide) groups is 1. The van der Waals surface area contributed by atoms with Gasteiger partial charge in [-0.1, -0.05) is 23.4 Å². The fraction of sp³-hybridized carbons (Fsp3) is 0.263. The van der Waals surface area contributed by atoms with E-state index in [2.05, 4.69) is 0 Å². The fourth-order valence-corrected chi connectivity index (χ4v) is 4.03. The Balaban J connectivity index is 1.85. The predicted molar refractivity (Wildman–Crippen MR) is 106 cm³/mol. The monoisotopic (exact) mass is 407 g/mol. The van der Waals surface area contributed by atoms with Gasteiger partial charge >= 0.3 is 0 Å². The van der Waals surface area contributed by atoms with Crippen LogP contribution in [0.2, 0.25) is 5.02 Å². The fourth-order valence-electron chi connectivity index (χ4n) is 2.88. The zero-order valence-electron chi connectivity index (χ0n) is 15.0. The zero-order chi connectivity index (χ0) is 19.6. The molecule has 2 aromatic rings. The summed E-state index contributed by atoms with van der Waals surface area (Å²) in [5.74, 6) is 1.22. The number of hydrogen-bond acceptors (Lipinski definition) is 6. The molecule has 2 amide bonds. The predicted octanol–water partition coefficient (Wildman–Crippen LogP) is 4.18. The van der Waals surface area contributed by atoms with Gasteiger partial charge in [0.05, 0.1) is 32.3 Å². The number of amides is 2. The van der Waals surface area contributed by atoms with Crippen LogP contribution in [0.3, 0.4) is 0 Å². The first-order valence-electron chi connectivity index (χ1n) is 8.07. The molecular formula is C19H18ClNO5S. The van der Waals surface area contributed by atoms with Gasteiger partial charge in [-0.2, -0.15) is 0 Å². The van der Waals surface area contributed by atoms with E-state index in [0.717, 1.165) is 17.3 Å². The summed E-state index contributed by atoms with van der Waals surface area (Å²) in [6, 6.07) is 10.2. The molecule has 1 aliphatic rings. The normalized spacial score (nSPS) is 16.6. The van der Waals surface area contributed by atoms with E-state index in [1.165, 1.54) is 26.2 Å². The summed E-state index contributed by atoms with van der Waals surface area (Å²) < 4.78 is 16.0. The minimum absolute atomic E-state index is 0.263. The van der Waals surface area contributed by atoms with Crippen LogP contribution in [0, 0.1) is 0 Å². The van der Waals surface area contributed by atoms with Crippen molar-refractivity contribution in [1.82, 2.24) is 0 Å². The van der Waals surface area contributed by atoms with Gasteiger partial charge in [-0.25, -0.2) is 4.90 Å². The molecule has 27 heavy (non-hydrogen) atoms. The molecule has 1 fully saturated rings. The van der Waals surface area contributed by atoms with E-state index in [0.29, 0.717) is 34.4 Å². The topological polar surface area (TPSA) is 65.1 Å². The molecule has 142 valence electrons. The van der Waals surface area contributed by atoms with Crippen molar-refractivity contribution >= 4 is 40.2 Å². The van der Waals surface area contributed by atoms with Crippen molar-refractivity contribution < 1.29 is 23.8 Å². The molecule has 2 aromatic carbocycles. The van der Waals surface area contributed by atoms with Gasteiger partial charge in [0.15, 0.2) is 11.5 Å². The Labute approximate surface area is 166 Å². The van der Waals surface area contributed by atoms with E-state index in [4.69, 9.17) is 25.8 Å². The summed E-state index contributed by atoms with van der Waals surface area (Å²) in [6.45, 7) is 0. The second-order valence-electron chi connectivity index (χ2n) is 5.76. The number of carbonyl (C=O) groups is 2. The Morgan fingerprint density at radius 3 is 2.11 bits per heavy atom. The lowest BCUT2D eigenvalue weighted by molar-refractivity contribution is -0.117. The van der Waals surface area contributed by atoms with Crippen molar-refractivity contribution in [3.8, 4) is 17.2 Å². The average molecular weight is 408 g/mol. The summed E-state index contributed by atoms with van der Waals surface area (Å²) >= 11 is 6.89. The van der Waals surface area contributed by atoms with Crippen LogP contribution >= 0.6 is 23.4 Å². The molecule has 0 radical (unpaired) electrons. The SMILES string of the molecule is COc1cc(C[C@@H]2SC(=O)N(c3ccc(Cl)cc3)C2=O)cc(OC)c1OC. The van der Waals surface area contributed by atoms with Crippen molar-refractivity contribution in [1.29, 1.82) is 0 Å². The second-order valence-corrected chi connectivity index (χ2v) is 7.35. The number of carbonyl (C=O) groups excluding carboxylic acids is 2. The molecule has 0 unspecified atom stereocenters. The summed E-state index contributed by atoms with van der Waals surface area (Å²) in [5, 5.41) is -0.296. The third kappa shape index (κ3) is 3.84. The lowest BCUT2D eigenvalue weighted by Crippen LogP contribution is -2.32. The highest BCUT2D eigenvalue weighted by molar-refractivity contribution is 8.15. The van der Waals surface area contributed by atoms with Crippen molar-refractivity contribution in [2.24, 2.45) is 0 Å². The van der Waals surface area contributed by atoms with Gasteiger partial charge in [0.2, 0.25) is 11.7 Å². The van der Waals surface area contributed by atoms with Crippen molar-refractivity contribution in [2.45, 2.75) is 11.7 Å². The van der Waals surface area contributed by atoms with E-state index in [1.54, 1.807) is 36.4 Å². The van der Waals surface area contributed by atoms with Gasteiger partial charge in [0.1, 0.15) is 0 Å². The third-order valence-electron chi connectivity index (χ3n) is 4.15. The van der Waals surface area contributed by atoms with E-state index in [-0.39, 0.29) is 11.1 Å². The number of rotatable bonds is 6. The summed E-state index contributed by atoms with van der Waals surface area (Å²) in [6.07, 6.45) is 0.357. The van der Waals surface area contributed by atoms with E-state index in [9.17, 15) is 9.59 Å². The van der Waals surface area contributed by atoms with E-state index < -0.39 is 5.25 Å². The molecule has 3 rings (SSSR count). The van der Waals surface area contributed by atoms with Crippen LogP contribution in [-0.2, 0) is 11.2 Å². The molecule has 0 bridgehead atoms. The van der Waals surface area contributed by atoms with Crippen LogP contribution in [0.15, 0.2) is 36.4 Å². The summed E-state index contributed by atoms with van der Waals surface area (Å²) in [4.78, 5) is 26.4. The lowest BCUT2D eigenvalue weighted by Gasteiger charge is -2.16. The first kappa shape index (κ1) is 19.4. The van der Waals surface area contributed by atoms with Crippen LogP contribution in [0.5, 0.6) is 17.2 Å². The van der Waals surface area contributed by atoms with Gasteiger partial charge in [-0.3, -0.25) is 9.59 Å². The number of ether oxygens (including phenoxy) is 3. The Hall–Kier alpha value is -2.38. The summed E-state index contributed by atoms with van der Waals surface area (Å²) in [5.41, 5.74) is 1.32. The minimum atomic E-state index is -0.531. The molecule has 8 heteroatoms. The molecule has 1 heterocycles. The highest BCUT2D eigenvalue weighted by atomic mass is 35.5. The largest absolute Gasteiger partial charge is 0.493 e. The molecule has 6 nitrogen and oxygen atoms in total. The Morgan fingerprint density at radius 2 is 1.59 bits per heavy atom. The second kappa shape index (κ2) is 8.10. The molecule has 0 spiro atoms. The van der Waals surface area contributed by atoms with Gasteiger partial charge in [0, 0.05) is 5.02 Å². The van der Waals surface area contributed by atoms with Crippen LogP contribution in [0.25, 0.3) is 0 Å². The molecule has 0 aromatic heterocycles. The van der Waals surface area contributed by atoms with Crippen LogP contribution < -0.4 is 19.1 Å². The smallest absolute Gasteiger partial charge is 0.293 e. The molecule has 0 saturated carbocycles. The number of halogens is 1. The first-order valence-corrected chi connectivity index (χ1v) is 9.33. The molecule has 1 saturated heterocycles. The van der Waals surface area contributed by atoms with E-state index >= 15 is 0 Å². The van der Waals surface area contributed by atoms with Gasteiger partial charge in [-0.05, 0) is 48.4 Å². The number of nitrogens with zero attached hydrogens (tertiary/aromatic N) is 1. The molecular weight excluding hydrogens is 390 g/mol. The van der Waals surface area contributed by atoms with Gasteiger partial charge in [0.25, 0.3) is 5.24 Å². The maximum atomic E-state index is 12.8. The number of hydrogen-bond donors (Lipinski definition) is 0. The van der Waals surface area contributed by atoms with Crippen LogP contribution in [0.1, 0.15) is 5.56 Å². The van der Waals surface area contributed by atoms with Gasteiger partial charge < -0.3 is 14.2 Å². The van der Waals surface area contributed by atoms with E-state index in [1.807, 2.05) is 0 Å². The lowest BCUT2D eigenvalue weighted by atomic mass is 10.1. The number of imide groups is 1. The van der Waals surface area contributed by atoms with Crippen LogP contribution in [0.4, 0.5) is 10.5 Å². The van der Waals surface area contributed by atoms with Crippen molar-refractivity contribution in [2.75, 3.05) is 26.2 Å². The maximum absolute atomic E-state index is 12.8. The maximum Gasteiger partial charge on any atom is 0.293 e. The standard InChI is InChI=1S/C19H18ClNO5S/c1-24-14-8-11(9-15(25-2)17(14)26-3)10-16-18(22)21(19(23)27-16)13-6-4-12(20)5-7-13/h4-9,16H,10H2,1-3H3/t16-/m0/s1. The molecule has 1 atom stereocenters. The number of benzene rings is 2. The van der Waals surface area contributed by atoms with Gasteiger partial charge in [-0.15, -0.1) is 0 Å². The molecule has 0 N–H and O–H groups in total. The minimum Gasteiger partial charge on any atom is -0.493 e. The zero-order valence-corrected chi connectivity index (χ0v) is 16.6. The quantitative estimate of drug-likeness (QED) is 0.715. The highest BCUT2D eigenvalue weighted by Gasteiger charge is 2.40. The molecule has 1 aliphatic heterocycles. The Kier molecular flexibility index (Phi) is 5.82. The van der Waals surface area contributed by atoms with Crippen LogP contribution in [-0.4, -0.2) is 37.7 Å². The Morgan fingerprint density at radius 1 is 1.00 bits per heavy atom. The number of anilines is 1. The molecule has 0 aliphatic carbocycles. The van der Waals surface area contributed by atoms with Crippen molar-refractivity contribution in [3.05, 3.63) is 47.0 Å². The highest BCUT2D eigenvalue weighted by Crippen LogP contribution is 2.40.